The molecule has 1 saturated heterocycles. The molecule has 1 N–H and O–H groups in total. The molecule has 1 aliphatic heterocycles. The van der Waals surface area contributed by atoms with Gasteiger partial charge in [0.1, 0.15) is 5.75 Å². The first-order chi connectivity index (χ1) is 8.40. The summed E-state index contributed by atoms with van der Waals surface area (Å²) >= 11 is 0. The van der Waals surface area contributed by atoms with E-state index in [-0.39, 0.29) is 0 Å². The van der Waals surface area contributed by atoms with Crippen LogP contribution in [0.15, 0.2) is 24.3 Å². The van der Waals surface area contributed by atoms with Crippen LogP contribution in [0.3, 0.4) is 0 Å². The number of rotatable bonds is 6. The van der Waals surface area contributed by atoms with Crippen LogP contribution in [-0.4, -0.2) is 26.4 Å². The van der Waals surface area contributed by atoms with Crippen molar-refractivity contribution in [2.45, 2.75) is 31.8 Å². The van der Waals surface area contributed by atoms with E-state index in [2.05, 4.69) is 5.32 Å². The third-order valence-electron chi connectivity index (χ3n) is 3.15. The van der Waals surface area contributed by atoms with Gasteiger partial charge in [0.25, 0.3) is 0 Å². The van der Waals surface area contributed by atoms with E-state index in [0.29, 0.717) is 6.10 Å². The molecular formula is C14H21NO2. The Labute approximate surface area is 103 Å². The SMILES string of the molecule is COc1ccccc1NCCCC1CCCO1. The molecule has 1 unspecified atom stereocenters. The van der Waals surface area contributed by atoms with Crippen LogP contribution in [0.5, 0.6) is 5.75 Å². The van der Waals surface area contributed by atoms with Gasteiger partial charge in [-0.25, -0.2) is 0 Å². The molecule has 17 heavy (non-hydrogen) atoms. The van der Waals surface area contributed by atoms with Gasteiger partial charge in [0, 0.05) is 13.2 Å². The molecule has 1 heterocycles. The monoisotopic (exact) mass is 235 g/mol. The van der Waals surface area contributed by atoms with Crippen molar-refractivity contribution in [1.82, 2.24) is 0 Å². The first-order valence-electron chi connectivity index (χ1n) is 6.38. The Hall–Kier alpha value is -1.22. The van der Waals surface area contributed by atoms with Crippen molar-refractivity contribution in [2.24, 2.45) is 0 Å². The third kappa shape index (κ3) is 3.63. The number of hydrogen-bond donors (Lipinski definition) is 1. The van der Waals surface area contributed by atoms with E-state index < -0.39 is 0 Å². The summed E-state index contributed by atoms with van der Waals surface area (Å²) in [5.41, 5.74) is 1.07. The lowest BCUT2D eigenvalue weighted by Crippen LogP contribution is -2.09. The average molecular weight is 235 g/mol. The zero-order valence-corrected chi connectivity index (χ0v) is 10.4. The van der Waals surface area contributed by atoms with Crippen LogP contribution in [0.2, 0.25) is 0 Å². The van der Waals surface area contributed by atoms with Gasteiger partial charge in [-0.3, -0.25) is 0 Å². The number of nitrogens with one attached hydrogen (secondary N) is 1. The molecule has 1 atom stereocenters. The second kappa shape index (κ2) is 6.50. The third-order valence-corrected chi connectivity index (χ3v) is 3.15. The Morgan fingerprint density at radius 1 is 1.41 bits per heavy atom. The first kappa shape index (κ1) is 12.2. The van der Waals surface area contributed by atoms with Crippen molar-refractivity contribution >= 4 is 5.69 Å². The van der Waals surface area contributed by atoms with Crippen molar-refractivity contribution in [1.29, 1.82) is 0 Å². The predicted molar refractivity (Wildman–Crippen MR) is 69.7 cm³/mol. The van der Waals surface area contributed by atoms with E-state index in [4.69, 9.17) is 9.47 Å². The molecule has 0 amide bonds. The molecule has 3 nitrogen and oxygen atoms in total. The molecule has 2 rings (SSSR count). The molecule has 0 bridgehead atoms. The standard InChI is InChI=1S/C14H21NO2/c1-16-14-9-3-2-8-13(14)15-10-4-6-12-7-5-11-17-12/h2-3,8-9,12,15H,4-7,10-11H2,1H3. The van der Waals surface area contributed by atoms with E-state index >= 15 is 0 Å². The summed E-state index contributed by atoms with van der Waals surface area (Å²) in [4.78, 5) is 0. The van der Waals surface area contributed by atoms with Crippen LogP contribution in [0.25, 0.3) is 0 Å². The molecule has 0 aliphatic carbocycles. The van der Waals surface area contributed by atoms with Gasteiger partial charge in [0.05, 0.1) is 18.9 Å². The summed E-state index contributed by atoms with van der Waals surface area (Å²) in [5, 5.41) is 3.41. The van der Waals surface area contributed by atoms with Crippen LogP contribution >= 0.6 is 0 Å². The van der Waals surface area contributed by atoms with Crippen LogP contribution < -0.4 is 10.1 Å². The van der Waals surface area contributed by atoms with Crippen LogP contribution in [0.1, 0.15) is 25.7 Å². The maximum Gasteiger partial charge on any atom is 0.141 e. The molecule has 1 aliphatic rings. The number of para-hydroxylation sites is 2. The highest BCUT2D eigenvalue weighted by atomic mass is 16.5. The van der Waals surface area contributed by atoms with Crippen molar-refractivity contribution < 1.29 is 9.47 Å². The number of benzene rings is 1. The summed E-state index contributed by atoms with van der Waals surface area (Å²) in [6.07, 6.45) is 5.25. The smallest absolute Gasteiger partial charge is 0.141 e. The first-order valence-corrected chi connectivity index (χ1v) is 6.38. The molecule has 1 aromatic rings. The van der Waals surface area contributed by atoms with Gasteiger partial charge in [-0.05, 0) is 37.8 Å². The summed E-state index contributed by atoms with van der Waals surface area (Å²) < 4.78 is 10.9. The van der Waals surface area contributed by atoms with Crippen LogP contribution in [0.4, 0.5) is 5.69 Å². The Balaban J connectivity index is 1.70. The molecule has 3 heteroatoms. The number of hydrogen-bond acceptors (Lipinski definition) is 3. The van der Waals surface area contributed by atoms with Crippen molar-refractivity contribution in [2.75, 3.05) is 25.6 Å². The van der Waals surface area contributed by atoms with Gasteiger partial charge in [0.2, 0.25) is 0 Å². The van der Waals surface area contributed by atoms with E-state index in [1.807, 2.05) is 24.3 Å². The quantitative estimate of drug-likeness (QED) is 0.769. The zero-order chi connectivity index (χ0) is 11.9. The Morgan fingerprint density at radius 2 is 2.29 bits per heavy atom. The molecule has 1 fully saturated rings. The predicted octanol–water partition coefficient (Wildman–Crippen LogP) is 3.07. The Morgan fingerprint density at radius 3 is 3.06 bits per heavy atom. The highest BCUT2D eigenvalue weighted by Gasteiger charge is 2.14. The molecule has 0 saturated carbocycles. The summed E-state index contributed by atoms with van der Waals surface area (Å²) in [6.45, 7) is 1.92. The highest BCUT2D eigenvalue weighted by molar-refractivity contribution is 5.55. The summed E-state index contributed by atoms with van der Waals surface area (Å²) in [5.74, 6) is 0.907. The topological polar surface area (TPSA) is 30.5 Å². The fraction of sp³-hybridized carbons (Fsp3) is 0.571. The molecule has 94 valence electrons. The Bertz CT molecular complexity index is 335. The summed E-state index contributed by atoms with van der Waals surface area (Å²) in [7, 11) is 1.70. The molecular weight excluding hydrogens is 214 g/mol. The van der Waals surface area contributed by atoms with Crippen LogP contribution in [-0.2, 0) is 4.74 Å². The van der Waals surface area contributed by atoms with Crippen molar-refractivity contribution in [3.05, 3.63) is 24.3 Å². The zero-order valence-electron chi connectivity index (χ0n) is 10.4. The number of methoxy groups -OCH3 is 1. The molecule has 0 spiro atoms. The minimum absolute atomic E-state index is 0.495. The van der Waals surface area contributed by atoms with Gasteiger partial charge in [-0.2, -0.15) is 0 Å². The second-order valence-electron chi connectivity index (χ2n) is 4.40. The van der Waals surface area contributed by atoms with Crippen molar-refractivity contribution in [3.63, 3.8) is 0 Å². The fourth-order valence-electron chi connectivity index (χ4n) is 2.22. The van der Waals surface area contributed by atoms with E-state index in [1.165, 1.54) is 12.8 Å². The minimum Gasteiger partial charge on any atom is -0.495 e. The van der Waals surface area contributed by atoms with E-state index in [9.17, 15) is 0 Å². The fourth-order valence-corrected chi connectivity index (χ4v) is 2.22. The highest BCUT2D eigenvalue weighted by Crippen LogP contribution is 2.23. The molecule has 0 aromatic heterocycles. The lowest BCUT2D eigenvalue weighted by Gasteiger charge is -2.12. The number of ether oxygens (including phenoxy) is 2. The molecule has 0 radical (unpaired) electrons. The maximum absolute atomic E-state index is 5.60. The van der Waals surface area contributed by atoms with Crippen molar-refractivity contribution in [3.8, 4) is 5.75 Å². The van der Waals surface area contributed by atoms with Gasteiger partial charge < -0.3 is 14.8 Å². The van der Waals surface area contributed by atoms with Gasteiger partial charge >= 0.3 is 0 Å². The maximum atomic E-state index is 5.60. The molecule has 1 aromatic carbocycles. The second-order valence-corrected chi connectivity index (χ2v) is 4.40. The summed E-state index contributed by atoms with van der Waals surface area (Å²) in [6, 6.07) is 8.02. The number of anilines is 1. The van der Waals surface area contributed by atoms with Crippen LogP contribution in [0, 0.1) is 0 Å². The minimum atomic E-state index is 0.495. The normalized spacial score (nSPS) is 19.2. The Kier molecular flexibility index (Phi) is 4.68. The van der Waals surface area contributed by atoms with E-state index in [1.54, 1.807) is 7.11 Å². The van der Waals surface area contributed by atoms with Gasteiger partial charge in [-0.1, -0.05) is 12.1 Å². The lowest BCUT2D eigenvalue weighted by atomic mass is 10.1. The lowest BCUT2D eigenvalue weighted by molar-refractivity contribution is 0.103. The average Bonchev–Trinajstić information content (AvgIpc) is 2.88. The van der Waals surface area contributed by atoms with E-state index in [0.717, 1.165) is 37.4 Å². The van der Waals surface area contributed by atoms with Gasteiger partial charge in [0.15, 0.2) is 0 Å². The largest absolute Gasteiger partial charge is 0.495 e. The van der Waals surface area contributed by atoms with Gasteiger partial charge in [-0.15, -0.1) is 0 Å².